The average molecular weight is 268 g/mol. The number of para-hydroxylation sites is 3. The molecule has 0 unspecified atom stereocenters. The quantitative estimate of drug-likeness (QED) is 0.680. The van der Waals surface area contributed by atoms with Crippen LogP contribution in [0.1, 0.15) is 0 Å². The van der Waals surface area contributed by atoms with E-state index in [4.69, 9.17) is 9.47 Å². The zero-order chi connectivity index (χ0) is 13.6. The molecule has 102 valence electrons. The van der Waals surface area contributed by atoms with Crippen molar-refractivity contribution in [1.29, 1.82) is 0 Å². The summed E-state index contributed by atoms with van der Waals surface area (Å²) in [5.41, 5.74) is 3.32. The third kappa shape index (κ3) is 2.87. The number of hydrogen-bond donors (Lipinski definition) is 0. The highest BCUT2D eigenvalue weighted by atomic mass is 16.7. The molecule has 0 aliphatic carbocycles. The molecule has 4 heteroatoms. The van der Waals surface area contributed by atoms with Crippen molar-refractivity contribution in [2.24, 2.45) is 0 Å². The molecule has 1 aliphatic rings. The number of hydrogen-bond acceptors (Lipinski definition) is 3. The number of fused-ring (bicyclic) bond motifs is 1. The largest absolute Gasteiger partial charge is 0.353 e. The lowest BCUT2D eigenvalue weighted by atomic mass is 10.3. The minimum absolute atomic E-state index is 0.500. The normalized spacial score (nSPS) is 14.0. The van der Waals surface area contributed by atoms with E-state index in [0.717, 1.165) is 29.9 Å². The maximum Gasteiger partial charge on any atom is 0.146 e. The highest BCUT2D eigenvalue weighted by Crippen LogP contribution is 2.16. The minimum atomic E-state index is 0.500. The van der Waals surface area contributed by atoms with Crippen LogP contribution in [-0.4, -0.2) is 29.6 Å². The van der Waals surface area contributed by atoms with Gasteiger partial charge in [0.1, 0.15) is 13.1 Å². The zero-order valence-electron chi connectivity index (χ0n) is 11.1. The Hall–Kier alpha value is -2.17. The van der Waals surface area contributed by atoms with Crippen molar-refractivity contribution in [3.8, 4) is 5.69 Å². The van der Waals surface area contributed by atoms with E-state index in [1.165, 1.54) is 0 Å². The van der Waals surface area contributed by atoms with Gasteiger partial charge in [0.15, 0.2) is 0 Å². The summed E-state index contributed by atoms with van der Waals surface area (Å²) >= 11 is 0. The Labute approximate surface area is 117 Å². The van der Waals surface area contributed by atoms with E-state index in [-0.39, 0.29) is 0 Å². The van der Waals surface area contributed by atoms with Crippen LogP contribution in [0, 0.1) is 0 Å². The van der Waals surface area contributed by atoms with Crippen LogP contribution >= 0.6 is 0 Å². The van der Waals surface area contributed by atoms with E-state index in [1.54, 1.807) is 0 Å². The molecule has 2 heterocycles. The first-order valence-corrected chi connectivity index (χ1v) is 6.58. The predicted molar refractivity (Wildman–Crippen MR) is 77.8 cm³/mol. The van der Waals surface area contributed by atoms with Crippen LogP contribution in [0.4, 0.5) is 0 Å². The molecule has 20 heavy (non-hydrogen) atoms. The van der Waals surface area contributed by atoms with Gasteiger partial charge in [0.05, 0.1) is 24.2 Å². The van der Waals surface area contributed by atoms with Crippen molar-refractivity contribution in [3.05, 3.63) is 60.9 Å². The summed E-state index contributed by atoms with van der Waals surface area (Å²) in [6, 6.07) is 18.4. The Bertz CT molecular complexity index is 653. The van der Waals surface area contributed by atoms with Crippen LogP contribution < -0.4 is 0 Å². The summed E-state index contributed by atoms with van der Waals surface area (Å²) in [4.78, 5) is 4.36. The number of ether oxygens (including phenoxy) is 2. The molecule has 0 N–H and O–H groups in total. The number of imidazole rings is 1. The SMILES string of the molecule is C1COCO1.c1ccc(-n2cnc3ccccc32)cc1. The Kier molecular flexibility index (Phi) is 4.06. The lowest BCUT2D eigenvalue weighted by Gasteiger charge is -2.02. The van der Waals surface area contributed by atoms with Gasteiger partial charge in [-0.2, -0.15) is 0 Å². The lowest BCUT2D eigenvalue weighted by Crippen LogP contribution is -1.90. The van der Waals surface area contributed by atoms with E-state index in [9.17, 15) is 0 Å². The van der Waals surface area contributed by atoms with Crippen molar-refractivity contribution in [1.82, 2.24) is 9.55 Å². The van der Waals surface area contributed by atoms with Crippen molar-refractivity contribution in [2.45, 2.75) is 0 Å². The Balaban J connectivity index is 0.000000205. The maximum atomic E-state index is 4.72. The van der Waals surface area contributed by atoms with E-state index in [2.05, 4.69) is 27.8 Å². The predicted octanol–water partition coefficient (Wildman–Crippen LogP) is 3.02. The van der Waals surface area contributed by atoms with Crippen LogP contribution in [0.2, 0.25) is 0 Å². The minimum Gasteiger partial charge on any atom is -0.353 e. The van der Waals surface area contributed by atoms with E-state index < -0.39 is 0 Å². The third-order valence-electron chi connectivity index (χ3n) is 3.03. The van der Waals surface area contributed by atoms with Gasteiger partial charge in [-0.25, -0.2) is 4.98 Å². The van der Waals surface area contributed by atoms with Gasteiger partial charge in [0.25, 0.3) is 0 Å². The molecule has 0 spiro atoms. The van der Waals surface area contributed by atoms with Crippen LogP contribution in [0.5, 0.6) is 0 Å². The first-order valence-electron chi connectivity index (χ1n) is 6.58. The third-order valence-corrected chi connectivity index (χ3v) is 3.03. The van der Waals surface area contributed by atoms with Crippen LogP contribution in [-0.2, 0) is 9.47 Å². The molecule has 0 radical (unpaired) electrons. The Morgan fingerprint density at radius 2 is 1.55 bits per heavy atom. The van der Waals surface area contributed by atoms with Gasteiger partial charge in [-0.1, -0.05) is 30.3 Å². The average Bonchev–Trinajstić information content (AvgIpc) is 3.21. The summed E-state index contributed by atoms with van der Waals surface area (Å²) in [5.74, 6) is 0. The summed E-state index contributed by atoms with van der Waals surface area (Å²) in [7, 11) is 0. The molecule has 1 fully saturated rings. The number of rotatable bonds is 1. The summed E-state index contributed by atoms with van der Waals surface area (Å²) in [6.07, 6.45) is 1.86. The molecule has 0 atom stereocenters. The molecule has 0 saturated carbocycles. The molecule has 1 saturated heterocycles. The smallest absolute Gasteiger partial charge is 0.146 e. The van der Waals surface area contributed by atoms with Crippen molar-refractivity contribution in [2.75, 3.05) is 20.0 Å². The molecule has 0 amide bonds. The van der Waals surface area contributed by atoms with Gasteiger partial charge in [-0.3, -0.25) is 4.57 Å². The summed E-state index contributed by atoms with van der Waals surface area (Å²) in [6.45, 7) is 2.06. The molecular weight excluding hydrogens is 252 g/mol. The van der Waals surface area contributed by atoms with Crippen LogP contribution in [0.25, 0.3) is 16.7 Å². The Morgan fingerprint density at radius 1 is 0.850 bits per heavy atom. The van der Waals surface area contributed by atoms with Crippen LogP contribution in [0.15, 0.2) is 60.9 Å². The number of benzene rings is 2. The fourth-order valence-corrected chi connectivity index (χ4v) is 2.05. The maximum absolute atomic E-state index is 4.72. The van der Waals surface area contributed by atoms with Crippen molar-refractivity contribution in [3.63, 3.8) is 0 Å². The fourth-order valence-electron chi connectivity index (χ4n) is 2.05. The number of aromatic nitrogens is 2. The van der Waals surface area contributed by atoms with E-state index in [0.29, 0.717) is 6.79 Å². The Morgan fingerprint density at radius 3 is 2.25 bits per heavy atom. The second-order valence-electron chi connectivity index (χ2n) is 4.37. The molecule has 3 aromatic rings. The molecule has 1 aromatic heterocycles. The van der Waals surface area contributed by atoms with Gasteiger partial charge < -0.3 is 9.47 Å². The molecule has 0 bridgehead atoms. The van der Waals surface area contributed by atoms with Gasteiger partial charge in [-0.15, -0.1) is 0 Å². The molecular formula is C16H16N2O2. The van der Waals surface area contributed by atoms with Crippen molar-refractivity contribution < 1.29 is 9.47 Å². The van der Waals surface area contributed by atoms with E-state index >= 15 is 0 Å². The first-order chi connectivity index (χ1) is 9.95. The van der Waals surface area contributed by atoms with Gasteiger partial charge in [-0.05, 0) is 24.3 Å². The molecule has 2 aromatic carbocycles. The number of nitrogens with zero attached hydrogens (tertiary/aromatic N) is 2. The van der Waals surface area contributed by atoms with E-state index in [1.807, 2.05) is 42.7 Å². The lowest BCUT2D eigenvalue weighted by molar-refractivity contribution is 0.0692. The summed E-state index contributed by atoms with van der Waals surface area (Å²) in [5, 5.41) is 0. The zero-order valence-corrected chi connectivity index (χ0v) is 11.1. The van der Waals surface area contributed by atoms with Crippen LogP contribution in [0.3, 0.4) is 0 Å². The highest BCUT2D eigenvalue weighted by molar-refractivity contribution is 5.77. The fraction of sp³-hybridized carbons (Fsp3) is 0.188. The first kappa shape index (κ1) is 12.8. The van der Waals surface area contributed by atoms with Gasteiger partial charge in [0.2, 0.25) is 0 Å². The van der Waals surface area contributed by atoms with Crippen molar-refractivity contribution >= 4 is 11.0 Å². The van der Waals surface area contributed by atoms with Gasteiger partial charge in [0, 0.05) is 5.69 Å². The second kappa shape index (κ2) is 6.32. The molecule has 4 rings (SSSR count). The highest BCUT2D eigenvalue weighted by Gasteiger charge is 2.01. The van der Waals surface area contributed by atoms with Gasteiger partial charge >= 0.3 is 0 Å². The monoisotopic (exact) mass is 268 g/mol. The second-order valence-corrected chi connectivity index (χ2v) is 4.37. The molecule has 4 nitrogen and oxygen atoms in total. The standard InChI is InChI=1S/C13H10N2.C3H6O2/c1-2-6-11(7-3-1)15-10-14-12-8-4-5-9-13(12)15;1-2-5-3-4-1/h1-10H;1-3H2. The molecule has 1 aliphatic heterocycles. The summed E-state index contributed by atoms with van der Waals surface area (Å²) < 4.78 is 11.5. The topological polar surface area (TPSA) is 36.3 Å².